The van der Waals surface area contributed by atoms with Gasteiger partial charge in [-0.25, -0.2) is 10.2 Å². The van der Waals surface area contributed by atoms with Crippen LogP contribution in [0.15, 0.2) is 30.3 Å². The number of carbonyl (C=O) groups is 2. The molecule has 0 radical (unpaired) electrons. The predicted octanol–water partition coefficient (Wildman–Crippen LogP) is 3.68. The quantitative estimate of drug-likeness (QED) is 0.776. The van der Waals surface area contributed by atoms with E-state index in [1.165, 1.54) is 28.0 Å². The smallest absolute Gasteiger partial charge is 0.426 e. The Morgan fingerprint density at radius 1 is 1.08 bits per heavy atom. The number of hydrogen-bond acceptors (Lipinski definition) is 4. The molecule has 1 aliphatic rings. The molecule has 1 aromatic heterocycles. The SMILES string of the molecule is CC(C)(C)OC(=O)NNC(=O)c1cc2c(s1)-c1ccccc1CC2. The second-order valence-electron chi connectivity index (χ2n) is 6.70. The summed E-state index contributed by atoms with van der Waals surface area (Å²) >= 11 is 1.45. The average molecular weight is 344 g/mol. The van der Waals surface area contributed by atoms with E-state index >= 15 is 0 Å². The molecule has 0 atom stereocenters. The van der Waals surface area contributed by atoms with Gasteiger partial charge in [0.25, 0.3) is 5.91 Å². The number of aryl methyl sites for hydroxylation is 2. The molecule has 0 bridgehead atoms. The molecular weight excluding hydrogens is 324 g/mol. The number of ether oxygens (including phenoxy) is 1. The normalized spacial score (nSPS) is 12.8. The van der Waals surface area contributed by atoms with E-state index < -0.39 is 11.7 Å². The summed E-state index contributed by atoms with van der Waals surface area (Å²) < 4.78 is 5.09. The Kier molecular flexibility index (Phi) is 4.32. The lowest BCUT2D eigenvalue weighted by atomic mass is 9.91. The molecule has 1 aliphatic carbocycles. The molecule has 0 unspecified atom stereocenters. The molecule has 2 N–H and O–H groups in total. The van der Waals surface area contributed by atoms with Gasteiger partial charge in [0.1, 0.15) is 5.60 Å². The van der Waals surface area contributed by atoms with Crippen molar-refractivity contribution < 1.29 is 14.3 Å². The van der Waals surface area contributed by atoms with Gasteiger partial charge in [0, 0.05) is 4.88 Å². The number of hydrazine groups is 1. The molecule has 24 heavy (non-hydrogen) atoms. The van der Waals surface area contributed by atoms with Crippen LogP contribution in [0.3, 0.4) is 0 Å². The van der Waals surface area contributed by atoms with Gasteiger partial charge in [-0.3, -0.25) is 10.2 Å². The number of carbonyl (C=O) groups excluding carboxylic acids is 2. The summed E-state index contributed by atoms with van der Waals surface area (Å²) in [7, 11) is 0. The first-order valence-corrected chi connectivity index (χ1v) is 8.65. The van der Waals surface area contributed by atoms with Crippen molar-refractivity contribution in [2.24, 2.45) is 0 Å². The molecule has 0 spiro atoms. The van der Waals surface area contributed by atoms with Gasteiger partial charge in [-0.05, 0) is 56.4 Å². The van der Waals surface area contributed by atoms with Crippen LogP contribution in [0.4, 0.5) is 4.79 Å². The molecule has 0 saturated heterocycles. The first-order chi connectivity index (χ1) is 11.3. The second kappa shape index (κ2) is 6.28. The maximum absolute atomic E-state index is 12.3. The van der Waals surface area contributed by atoms with Crippen molar-refractivity contribution >= 4 is 23.3 Å². The zero-order valence-corrected chi connectivity index (χ0v) is 14.8. The van der Waals surface area contributed by atoms with Crippen LogP contribution in [-0.4, -0.2) is 17.6 Å². The van der Waals surface area contributed by atoms with E-state index in [0.29, 0.717) is 4.88 Å². The van der Waals surface area contributed by atoms with Gasteiger partial charge in [-0.1, -0.05) is 24.3 Å². The van der Waals surface area contributed by atoms with E-state index in [1.807, 2.05) is 18.2 Å². The molecule has 1 aromatic carbocycles. The summed E-state index contributed by atoms with van der Waals surface area (Å²) in [6.45, 7) is 5.29. The van der Waals surface area contributed by atoms with E-state index in [0.717, 1.165) is 17.7 Å². The maximum atomic E-state index is 12.3. The van der Waals surface area contributed by atoms with Crippen LogP contribution in [0.2, 0.25) is 0 Å². The summed E-state index contributed by atoms with van der Waals surface area (Å²) in [6.07, 6.45) is 1.23. The summed E-state index contributed by atoms with van der Waals surface area (Å²) in [4.78, 5) is 25.6. The Morgan fingerprint density at radius 2 is 1.79 bits per heavy atom. The molecule has 6 heteroatoms. The van der Waals surface area contributed by atoms with Crippen LogP contribution in [0.1, 0.15) is 41.6 Å². The van der Waals surface area contributed by atoms with Gasteiger partial charge in [-0.2, -0.15) is 0 Å². The Labute approximate surface area is 145 Å². The highest BCUT2D eigenvalue weighted by molar-refractivity contribution is 7.17. The van der Waals surface area contributed by atoms with Crippen LogP contribution in [0, 0.1) is 0 Å². The molecule has 126 valence electrons. The van der Waals surface area contributed by atoms with Crippen molar-refractivity contribution in [3.8, 4) is 10.4 Å². The second-order valence-corrected chi connectivity index (χ2v) is 7.76. The Morgan fingerprint density at radius 3 is 2.54 bits per heavy atom. The summed E-state index contributed by atoms with van der Waals surface area (Å²) in [5.41, 5.74) is 7.76. The van der Waals surface area contributed by atoms with Gasteiger partial charge in [-0.15, -0.1) is 11.3 Å². The third kappa shape index (κ3) is 3.59. The number of hydrogen-bond donors (Lipinski definition) is 2. The highest BCUT2D eigenvalue weighted by Gasteiger charge is 2.22. The standard InChI is InChI=1S/C18H20N2O3S/c1-18(2,3)23-17(22)20-19-16(21)14-10-12-9-8-11-6-4-5-7-13(11)15(12)24-14/h4-7,10H,8-9H2,1-3H3,(H,19,21)(H,20,22). The lowest BCUT2D eigenvalue weighted by Gasteiger charge is -2.19. The van der Waals surface area contributed by atoms with Crippen molar-refractivity contribution in [2.75, 3.05) is 0 Å². The van der Waals surface area contributed by atoms with E-state index in [2.05, 4.69) is 23.0 Å². The molecule has 0 saturated carbocycles. The molecule has 5 nitrogen and oxygen atoms in total. The van der Waals surface area contributed by atoms with Gasteiger partial charge in [0.15, 0.2) is 0 Å². The van der Waals surface area contributed by atoms with E-state index in [1.54, 1.807) is 20.8 Å². The first kappa shape index (κ1) is 16.5. The van der Waals surface area contributed by atoms with Crippen LogP contribution in [0.25, 0.3) is 10.4 Å². The Hall–Kier alpha value is -2.34. The van der Waals surface area contributed by atoms with Crippen molar-refractivity contribution in [2.45, 2.75) is 39.2 Å². The average Bonchev–Trinajstić information content (AvgIpc) is 2.95. The van der Waals surface area contributed by atoms with Crippen LogP contribution < -0.4 is 10.9 Å². The van der Waals surface area contributed by atoms with Crippen LogP contribution in [-0.2, 0) is 17.6 Å². The monoisotopic (exact) mass is 344 g/mol. The zero-order chi connectivity index (χ0) is 17.3. The lowest BCUT2D eigenvalue weighted by Crippen LogP contribution is -2.44. The van der Waals surface area contributed by atoms with Gasteiger partial charge < -0.3 is 4.74 Å². The third-order valence-corrected chi connectivity index (χ3v) is 4.84. The molecule has 2 amide bonds. The highest BCUT2D eigenvalue weighted by Crippen LogP contribution is 2.39. The number of amides is 2. The molecule has 2 aromatic rings. The Balaban J connectivity index is 1.70. The largest absolute Gasteiger partial charge is 0.443 e. The fourth-order valence-electron chi connectivity index (χ4n) is 2.66. The molecule has 0 fully saturated rings. The molecule has 1 heterocycles. The number of fused-ring (bicyclic) bond motifs is 3. The molecular formula is C18H20N2O3S. The lowest BCUT2D eigenvalue weighted by molar-refractivity contribution is 0.0484. The number of benzene rings is 1. The van der Waals surface area contributed by atoms with Gasteiger partial charge >= 0.3 is 6.09 Å². The molecule has 0 aliphatic heterocycles. The van der Waals surface area contributed by atoms with Crippen molar-refractivity contribution in [1.29, 1.82) is 0 Å². The van der Waals surface area contributed by atoms with Crippen molar-refractivity contribution in [1.82, 2.24) is 10.9 Å². The minimum absolute atomic E-state index is 0.335. The Bertz CT molecular complexity index is 790. The number of rotatable bonds is 1. The maximum Gasteiger partial charge on any atom is 0.426 e. The molecule has 3 rings (SSSR count). The fraction of sp³-hybridized carbons (Fsp3) is 0.333. The number of thiophene rings is 1. The van der Waals surface area contributed by atoms with Crippen LogP contribution >= 0.6 is 11.3 Å². The first-order valence-electron chi connectivity index (χ1n) is 7.84. The van der Waals surface area contributed by atoms with Crippen molar-refractivity contribution in [3.63, 3.8) is 0 Å². The van der Waals surface area contributed by atoms with Gasteiger partial charge in [0.05, 0.1) is 4.88 Å². The van der Waals surface area contributed by atoms with Gasteiger partial charge in [0.2, 0.25) is 0 Å². The zero-order valence-electron chi connectivity index (χ0n) is 13.9. The minimum atomic E-state index is -0.678. The predicted molar refractivity (Wildman–Crippen MR) is 94.0 cm³/mol. The third-order valence-electron chi connectivity index (χ3n) is 3.64. The summed E-state index contributed by atoms with van der Waals surface area (Å²) in [5, 5.41) is 0. The van der Waals surface area contributed by atoms with E-state index in [9.17, 15) is 9.59 Å². The van der Waals surface area contributed by atoms with E-state index in [-0.39, 0.29) is 5.91 Å². The number of nitrogens with one attached hydrogen (secondary N) is 2. The minimum Gasteiger partial charge on any atom is -0.443 e. The highest BCUT2D eigenvalue weighted by atomic mass is 32.1. The fourth-order valence-corrected chi connectivity index (χ4v) is 3.82. The van der Waals surface area contributed by atoms with Crippen LogP contribution in [0.5, 0.6) is 0 Å². The van der Waals surface area contributed by atoms with Crippen molar-refractivity contribution in [3.05, 3.63) is 46.3 Å². The summed E-state index contributed by atoms with van der Waals surface area (Å²) in [5.74, 6) is -0.335. The van der Waals surface area contributed by atoms with E-state index in [4.69, 9.17) is 4.74 Å². The topological polar surface area (TPSA) is 67.4 Å². The summed E-state index contributed by atoms with van der Waals surface area (Å²) in [6, 6.07) is 10.2.